The number of halogens is 1. The summed E-state index contributed by atoms with van der Waals surface area (Å²) >= 11 is 0. The molecule has 0 aliphatic heterocycles. The highest BCUT2D eigenvalue weighted by molar-refractivity contribution is 5.95. The van der Waals surface area contributed by atoms with Crippen molar-refractivity contribution in [3.05, 3.63) is 95.3 Å². The van der Waals surface area contributed by atoms with Crippen molar-refractivity contribution >= 4 is 29.4 Å². The van der Waals surface area contributed by atoms with Crippen molar-refractivity contribution < 1.29 is 23.4 Å². The van der Waals surface area contributed by atoms with Gasteiger partial charge in [0.05, 0.1) is 33.5 Å². The molecule has 12 nitrogen and oxygen atoms in total. The molecule has 0 unspecified atom stereocenters. The normalized spacial score (nSPS) is 10.7. The molecule has 13 heteroatoms. The van der Waals surface area contributed by atoms with E-state index in [-0.39, 0.29) is 17.7 Å². The number of nitrogens with one attached hydrogen (secondary N) is 4. The van der Waals surface area contributed by atoms with Crippen LogP contribution in [0.3, 0.4) is 0 Å². The summed E-state index contributed by atoms with van der Waals surface area (Å²) in [4.78, 5) is 26.2. The molecule has 1 aromatic heterocycles. The number of nitrogens with two attached hydrogens (primary N) is 1. The van der Waals surface area contributed by atoms with Gasteiger partial charge in [0.25, 0.3) is 5.91 Å². The molecule has 4 rings (SSSR count). The van der Waals surface area contributed by atoms with Gasteiger partial charge in [-0.3, -0.25) is 4.79 Å². The number of aromatic nitrogens is 3. The fourth-order valence-electron chi connectivity index (χ4n) is 3.95. The summed E-state index contributed by atoms with van der Waals surface area (Å²) in [5.41, 5.74) is 8.28. The molecular weight excluding hydrogens is 567 g/mol. The van der Waals surface area contributed by atoms with Gasteiger partial charge in [0.15, 0.2) is 0 Å². The fourth-order valence-corrected chi connectivity index (χ4v) is 3.95. The van der Waals surface area contributed by atoms with E-state index in [1.165, 1.54) is 12.1 Å². The lowest BCUT2D eigenvalue weighted by atomic mass is 10.2. The summed E-state index contributed by atoms with van der Waals surface area (Å²) < 4.78 is 29.4. The van der Waals surface area contributed by atoms with Crippen LogP contribution in [0, 0.1) is 5.82 Å². The third-order valence-electron chi connectivity index (χ3n) is 6.13. The van der Waals surface area contributed by atoms with Crippen LogP contribution in [-0.4, -0.2) is 67.5 Å². The first-order chi connectivity index (χ1) is 21.5. The number of anilines is 4. The summed E-state index contributed by atoms with van der Waals surface area (Å²) in [5, 5.41) is 12.4. The van der Waals surface area contributed by atoms with E-state index in [9.17, 15) is 9.18 Å². The third-order valence-corrected chi connectivity index (χ3v) is 6.13. The Balaban J connectivity index is 1.41. The summed E-state index contributed by atoms with van der Waals surface area (Å²) in [6, 6.07) is 20.8. The van der Waals surface area contributed by atoms with Crippen molar-refractivity contribution in [1.82, 2.24) is 20.3 Å². The highest BCUT2D eigenvalue weighted by Gasteiger charge is 2.10. The molecule has 6 N–H and O–H groups in total. The molecule has 44 heavy (non-hydrogen) atoms. The number of carbonyl (C=O) groups excluding carboxylic acids is 1. The van der Waals surface area contributed by atoms with Crippen LogP contribution in [-0.2, 0) is 22.6 Å². The van der Waals surface area contributed by atoms with E-state index in [0.29, 0.717) is 75.8 Å². The van der Waals surface area contributed by atoms with Gasteiger partial charge < -0.3 is 41.2 Å². The van der Waals surface area contributed by atoms with Crippen LogP contribution in [0.4, 0.5) is 27.9 Å². The average Bonchev–Trinajstić information content (AvgIpc) is 3.05. The number of amides is 1. The minimum atomic E-state index is -0.308. The number of hydrogen-bond donors (Lipinski definition) is 5. The van der Waals surface area contributed by atoms with Crippen LogP contribution in [0.2, 0.25) is 0 Å². The SMILES string of the molecule is COc1cccc(CNc2nc(NCc3ccc(F)cc3)nc(Nc3cccc(C(=O)NCCOCCOCCN)c3)n2)c1. The lowest BCUT2D eigenvalue weighted by Gasteiger charge is -2.13. The molecule has 0 fully saturated rings. The highest BCUT2D eigenvalue weighted by Crippen LogP contribution is 2.19. The van der Waals surface area contributed by atoms with Crippen molar-refractivity contribution in [3.8, 4) is 5.75 Å². The second kappa shape index (κ2) is 17.3. The number of methoxy groups -OCH3 is 1. The summed E-state index contributed by atoms with van der Waals surface area (Å²) in [6.45, 7) is 3.37. The zero-order valence-electron chi connectivity index (χ0n) is 24.5. The predicted octanol–water partition coefficient (Wildman–Crippen LogP) is 3.71. The number of carbonyl (C=O) groups is 1. The van der Waals surface area contributed by atoms with Crippen LogP contribution in [0.25, 0.3) is 0 Å². The first kappa shape index (κ1) is 32.1. The molecule has 4 aromatic rings. The zero-order chi connectivity index (χ0) is 31.0. The van der Waals surface area contributed by atoms with Crippen molar-refractivity contribution in [1.29, 1.82) is 0 Å². The van der Waals surface area contributed by atoms with Gasteiger partial charge in [-0.05, 0) is 53.6 Å². The lowest BCUT2D eigenvalue weighted by Crippen LogP contribution is -2.27. The lowest BCUT2D eigenvalue weighted by molar-refractivity contribution is 0.0511. The highest BCUT2D eigenvalue weighted by atomic mass is 19.1. The summed E-state index contributed by atoms with van der Waals surface area (Å²) in [7, 11) is 1.62. The number of ether oxygens (including phenoxy) is 3. The van der Waals surface area contributed by atoms with Crippen molar-refractivity contribution in [3.63, 3.8) is 0 Å². The number of nitrogens with zero attached hydrogens (tertiary/aromatic N) is 3. The van der Waals surface area contributed by atoms with Gasteiger partial charge in [-0.1, -0.05) is 30.3 Å². The van der Waals surface area contributed by atoms with Crippen molar-refractivity contribution in [2.75, 3.05) is 62.6 Å². The monoisotopic (exact) mass is 604 g/mol. The smallest absolute Gasteiger partial charge is 0.251 e. The maximum Gasteiger partial charge on any atom is 0.251 e. The summed E-state index contributed by atoms with van der Waals surface area (Å²) in [5.74, 6) is 1.09. The maximum atomic E-state index is 13.3. The molecule has 232 valence electrons. The molecule has 0 bridgehead atoms. The molecule has 0 radical (unpaired) electrons. The molecule has 0 atom stereocenters. The van der Waals surface area contributed by atoms with Crippen LogP contribution in [0.15, 0.2) is 72.8 Å². The van der Waals surface area contributed by atoms with Gasteiger partial charge in [0, 0.05) is 37.4 Å². The average molecular weight is 605 g/mol. The van der Waals surface area contributed by atoms with Gasteiger partial charge in [-0.15, -0.1) is 0 Å². The molecule has 0 aliphatic carbocycles. The van der Waals surface area contributed by atoms with E-state index in [2.05, 4.69) is 36.2 Å². The van der Waals surface area contributed by atoms with Gasteiger partial charge in [-0.2, -0.15) is 15.0 Å². The van der Waals surface area contributed by atoms with Crippen LogP contribution >= 0.6 is 0 Å². The zero-order valence-corrected chi connectivity index (χ0v) is 24.5. The number of hydrogen-bond acceptors (Lipinski definition) is 11. The molecule has 0 aliphatic rings. The largest absolute Gasteiger partial charge is 0.497 e. The van der Waals surface area contributed by atoms with Crippen molar-refractivity contribution in [2.45, 2.75) is 13.1 Å². The Morgan fingerprint density at radius 2 is 1.48 bits per heavy atom. The Labute approximate surface area is 255 Å². The van der Waals surface area contributed by atoms with E-state index < -0.39 is 0 Å². The second-order valence-corrected chi connectivity index (χ2v) is 9.47. The second-order valence-electron chi connectivity index (χ2n) is 9.47. The molecule has 1 heterocycles. The molecule has 3 aromatic carbocycles. The first-order valence-corrected chi connectivity index (χ1v) is 14.1. The van der Waals surface area contributed by atoms with Crippen LogP contribution in [0.1, 0.15) is 21.5 Å². The fraction of sp³-hybridized carbons (Fsp3) is 0.290. The minimum absolute atomic E-state index is 0.241. The van der Waals surface area contributed by atoms with Gasteiger partial charge in [0.2, 0.25) is 17.8 Å². The van der Waals surface area contributed by atoms with E-state index in [1.54, 1.807) is 43.5 Å². The topological polar surface area (TPSA) is 158 Å². The predicted molar refractivity (Wildman–Crippen MR) is 167 cm³/mol. The Bertz CT molecular complexity index is 1480. The first-order valence-electron chi connectivity index (χ1n) is 14.1. The molecule has 0 saturated carbocycles. The van der Waals surface area contributed by atoms with Crippen molar-refractivity contribution in [2.24, 2.45) is 5.73 Å². The molecular formula is C31H37FN8O4. The molecule has 1 amide bonds. The van der Waals surface area contributed by atoms with Gasteiger partial charge >= 0.3 is 0 Å². The summed E-state index contributed by atoms with van der Waals surface area (Å²) in [6.07, 6.45) is 0. The quantitative estimate of drug-likeness (QED) is 0.105. The van der Waals surface area contributed by atoms with Crippen LogP contribution in [0.5, 0.6) is 5.75 Å². The minimum Gasteiger partial charge on any atom is -0.497 e. The molecule has 0 spiro atoms. The Hall–Kier alpha value is -4.85. The van der Waals surface area contributed by atoms with Crippen LogP contribution < -0.4 is 31.7 Å². The van der Waals surface area contributed by atoms with Gasteiger partial charge in [-0.25, -0.2) is 4.39 Å². The molecule has 0 saturated heterocycles. The van der Waals surface area contributed by atoms with E-state index in [1.807, 2.05) is 24.3 Å². The van der Waals surface area contributed by atoms with E-state index >= 15 is 0 Å². The third kappa shape index (κ3) is 10.8. The Morgan fingerprint density at radius 1 is 0.795 bits per heavy atom. The standard InChI is InChI=1S/C31H37FN8O4/c1-42-27-7-2-4-23(18-27)21-36-30-38-29(35-20-22-8-10-25(32)11-9-22)39-31(40-30)37-26-6-3-5-24(19-26)28(41)34-13-15-44-17-16-43-14-12-33/h2-11,18-19H,12-17,20-21,33H2,1H3,(H,34,41)(H3,35,36,37,38,39,40). The van der Waals surface area contributed by atoms with E-state index in [0.717, 1.165) is 16.9 Å². The maximum absolute atomic E-state index is 13.3. The Kier molecular flexibility index (Phi) is 12.6. The number of benzene rings is 3. The Morgan fingerprint density at radius 3 is 2.20 bits per heavy atom. The van der Waals surface area contributed by atoms with E-state index in [4.69, 9.17) is 19.9 Å². The van der Waals surface area contributed by atoms with Gasteiger partial charge in [0.1, 0.15) is 11.6 Å². The number of rotatable bonds is 18.